The molecule has 20 heavy (non-hydrogen) atoms. The minimum Gasteiger partial charge on any atom is -0.266 e. The van der Waals surface area contributed by atoms with Gasteiger partial charge in [0, 0.05) is 0 Å². The number of carbonyl (C=O) groups is 1. The molecule has 1 unspecified atom stereocenters. The monoisotopic (exact) mass is 274 g/mol. The molecule has 1 amide bonds. The average molecular weight is 274 g/mol. The molecule has 0 bridgehead atoms. The third-order valence-electron chi connectivity index (χ3n) is 2.76. The van der Waals surface area contributed by atoms with E-state index in [-0.39, 0.29) is 18.2 Å². The maximum absolute atomic E-state index is 12.4. The van der Waals surface area contributed by atoms with Crippen LogP contribution >= 0.6 is 0 Å². The molecule has 1 atom stereocenters. The average Bonchev–Trinajstić information content (AvgIpc) is 2.98. The SMILES string of the molecule is CC(C)ON(C(=O)n1cncn1)C(C)c1ccccc1. The number of amides is 1. The largest absolute Gasteiger partial charge is 0.370 e. The van der Waals surface area contributed by atoms with Crippen LogP contribution in [0.1, 0.15) is 32.4 Å². The molecule has 1 aromatic heterocycles. The Morgan fingerprint density at radius 1 is 1.25 bits per heavy atom. The van der Waals surface area contributed by atoms with E-state index < -0.39 is 0 Å². The van der Waals surface area contributed by atoms with E-state index in [9.17, 15) is 4.79 Å². The first kappa shape index (κ1) is 14.2. The van der Waals surface area contributed by atoms with Crippen molar-refractivity contribution in [1.82, 2.24) is 19.8 Å². The molecule has 2 aromatic rings. The Hall–Kier alpha value is -2.21. The van der Waals surface area contributed by atoms with Gasteiger partial charge in [-0.1, -0.05) is 30.3 Å². The summed E-state index contributed by atoms with van der Waals surface area (Å²) in [6, 6.07) is 9.11. The summed E-state index contributed by atoms with van der Waals surface area (Å²) in [4.78, 5) is 21.9. The summed E-state index contributed by atoms with van der Waals surface area (Å²) in [6.45, 7) is 5.66. The first-order valence-corrected chi connectivity index (χ1v) is 6.49. The molecule has 0 saturated carbocycles. The number of hydrogen-bond acceptors (Lipinski definition) is 4. The lowest BCUT2D eigenvalue weighted by molar-refractivity contribution is -0.171. The highest BCUT2D eigenvalue weighted by molar-refractivity contribution is 5.75. The lowest BCUT2D eigenvalue weighted by Gasteiger charge is -2.29. The maximum Gasteiger partial charge on any atom is 0.370 e. The lowest BCUT2D eigenvalue weighted by atomic mass is 10.1. The molecule has 0 radical (unpaired) electrons. The van der Waals surface area contributed by atoms with Crippen molar-refractivity contribution in [2.45, 2.75) is 32.9 Å². The van der Waals surface area contributed by atoms with E-state index in [0.717, 1.165) is 10.2 Å². The second kappa shape index (κ2) is 6.29. The van der Waals surface area contributed by atoms with E-state index in [1.165, 1.54) is 17.7 Å². The van der Waals surface area contributed by atoms with Crippen molar-refractivity contribution in [1.29, 1.82) is 0 Å². The number of benzene rings is 1. The second-order valence-electron chi connectivity index (χ2n) is 4.69. The van der Waals surface area contributed by atoms with Gasteiger partial charge in [0.1, 0.15) is 12.7 Å². The molecule has 0 spiro atoms. The molecule has 0 aliphatic rings. The van der Waals surface area contributed by atoms with Gasteiger partial charge in [0.15, 0.2) is 0 Å². The van der Waals surface area contributed by atoms with Gasteiger partial charge >= 0.3 is 6.03 Å². The number of carbonyl (C=O) groups excluding carboxylic acids is 1. The second-order valence-corrected chi connectivity index (χ2v) is 4.69. The molecule has 0 N–H and O–H groups in total. The van der Waals surface area contributed by atoms with Crippen molar-refractivity contribution in [3.8, 4) is 0 Å². The van der Waals surface area contributed by atoms with Crippen molar-refractivity contribution in [3.05, 3.63) is 48.5 Å². The fraction of sp³-hybridized carbons (Fsp3) is 0.357. The van der Waals surface area contributed by atoms with Gasteiger partial charge in [-0.2, -0.15) is 14.8 Å². The Kier molecular flexibility index (Phi) is 4.47. The van der Waals surface area contributed by atoms with Gasteiger partial charge in [-0.05, 0) is 26.3 Å². The molecule has 0 aliphatic carbocycles. The normalized spacial score (nSPS) is 12.4. The molecule has 6 heteroatoms. The van der Waals surface area contributed by atoms with E-state index in [0.29, 0.717) is 0 Å². The van der Waals surface area contributed by atoms with E-state index in [2.05, 4.69) is 10.1 Å². The standard InChI is InChI=1S/C14H18N4O2/c1-11(2)20-18(14(19)17-10-15-9-16-17)12(3)13-7-5-4-6-8-13/h4-12H,1-3H3. The molecule has 0 aliphatic heterocycles. The third kappa shape index (κ3) is 3.21. The molecular formula is C14H18N4O2. The van der Waals surface area contributed by atoms with Crippen LogP contribution in [0.25, 0.3) is 0 Å². The van der Waals surface area contributed by atoms with E-state index >= 15 is 0 Å². The van der Waals surface area contributed by atoms with Crippen molar-refractivity contribution >= 4 is 6.03 Å². The van der Waals surface area contributed by atoms with Crippen molar-refractivity contribution < 1.29 is 9.63 Å². The Balaban J connectivity index is 2.25. The Bertz CT molecular complexity index is 540. The van der Waals surface area contributed by atoms with Crippen LogP contribution in [-0.2, 0) is 4.84 Å². The van der Waals surface area contributed by atoms with Gasteiger partial charge in [0.25, 0.3) is 0 Å². The minimum absolute atomic E-state index is 0.117. The molecule has 2 rings (SSSR count). The molecular weight excluding hydrogens is 256 g/mol. The fourth-order valence-electron chi connectivity index (χ4n) is 1.80. The number of hydrogen-bond donors (Lipinski definition) is 0. The third-order valence-corrected chi connectivity index (χ3v) is 2.76. The summed E-state index contributed by atoms with van der Waals surface area (Å²) in [6.07, 6.45) is 2.56. The van der Waals surface area contributed by atoms with Gasteiger partial charge in [-0.25, -0.2) is 9.78 Å². The maximum atomic E-state index is 12.4. The van der Waals surface area contributed by atoms with Crippen LogP contribution in [0.15, 0.2) is 43.0 Å². The number of nitrogens with zero attached hydrogens (tertiary/aromatic N) is 4. The number of aromatic nitrogens is 3. The van der Waals surface area contributed by atoms with Crippen LogP contribution in [0.4, 0.5) is 4.79 Å². The molecule has 0 saturated heterocycles. The van der Waals surface area contributed by atoms with E-state index in [1.54, 1.807) is 0 Å². The summed E-state index contributed by atoms with van der Waals surface area (Å²) in [5.74, 6) is 0. The summed E-state index contributed by atoms with van der Waals surface area (Å²) in [5, 5.41) is 5.18. The summed E-state index contributed by atoms with van der Waals surface area (Å²) < 4.78 is 1.15. The Morgan fingerprint density at radius 3 is 2.50 bits per heavy atom. The van der Waals surface area contributed by atoms with Gasteiger partial charge in [0.2, 0.25) is 0 Å². The summed E-state index contributed by atoms with van der Waals surface area (Å²) in [7, 11) is 0. The van der Waals surface area contributed by atoms with Crippen LogP contribution in [0.5, 0.6) is 0 Å². The van der Waals surface area contributed by atoms with Crippen molar-refractivity contribution in [3.63, 3.8) is 0 Å². The smallest absolute Gasteiger partial charge is 0.266 e. The minimum atomic E-state index is -0.368. The zero-order chi connectivity index (χ0) is 14.5. The highest BCUT2D eigenvalue weighted by atomic mass is 16.7. The summed E-state index contributed by atoms with van der Waals surface area (Å²) in [5.41, 5.74) is 0.988. The first-order chi connectivity index (χ1) is 9.59. The molecule has 1 aromatic carbocycles. The topological polar surface area (TPSA) is 60.2 Å². The Labute approximate surface area is 117 Å². The van der Waals surface area contributed by atoms with Gasteiger partial charge in [-0.15, -0.1) is 0 Å². The zero-order valence-electron chi connectivity index (χ0n) is 11.8. The number of rotatable bonds is 4. The fourth-order valence-corrected chi connectivity index (χ4v) is 1.80. The molecule has 1 heterocycles. The molecule has 106 valence electrons. The highest BCUT2D eigenvalue weighted by Gasteiger charge is 2.25. The number of hydroxylamine groups is 2. The van der Waals surface area contributed by atoms with Crippen LogP contribution in [-0.4, -0.2) is 32.0 Å². The van der Waals surface area contributed by atoms with Crippen LogP contribution < -0.4 is 0 Å². The Morgan fingerprint density at radius 2 is 1.95 bits per heavy atom. The quantitative estimate of drug-likeness (QED) is 0.804. The molecule has 6 nitrogen and oxygen atoms in total. The predicted octanol–water partition coefficient (Wildman–Crippen LogP) is 2.65. The van der Waals surface area contributed by atoms with Gasteiger partial charge < -0.3 is 0 Å². The predicted molar refractivity (Wildman–Crippen MR) is 73.7 cm³/mol. The lowest BCUT2D eigenvalue weighted by Crippen LogP contribution is -2.39. The van der Waals surface area contributed by atoms with E-state index in [4.69, 9.17) is 4.84 Å². The summed E-state index contributed by atoms with van der Waals surface area (Å²) >= 11 is 0. The van der Waals surface area contributed by atoms with Crippen molar-refractivity contribution in [2.24, 2.45) is 0 Å². The van der Waals surface area contributed by atoms with Crippen LogP contribution in [0.2, 0.25) is 0 Å². The van der Waals surface area contributed by atoms with Crippen LogP contribution in [0.3, 0.4) is 0 Å². The zero-order valence-corrected chi connectivity index (χ0v) is 11.8. The van der Waals surface area contributed by atoms with Crippen LogP contribution in [0, 0.1) is 0 Å². The van der Waals surface area contributed by atoms with Gasteiger partial charge in [0.05, 0.1) is 12.1 Å². The molecule has 0 fully saturated rings. The first-order valence-electron chi connectivity index (χ1n) is 6.49. The van der Waals surface area contributed by atoms with E-state index in [1.807, 2.05) is 51.1 Å². The highest BCUT2D eigenvalue weighted by Crippen LogP contribution is 2.22. The van der Waals surface area contributed by atoms with Crippen molar-refractivity contribution in [2.75, 3.05) is 0 Å². The van der Waals surface area contributed by atoms with Gasteiger partial charge in [-0.3, -0.25) is 4.84 Å².